The highest BCUT2D eigenvalue weighted by Gasteiger charge is 2.15. The van der Waals surface area contributed by atoms with Crippen LogP contribution in [0, 0.1) is 0 Å². The summed E-state index contributed by atoms with van der Waals surface area (Å²) in [5.41, 5.74) is 5.52. The molecule has 0 unspecified atom stereocenters. The minimum absolute atomic E-state index is 0.873. The molecule has 0 saturated carbocycles. The number of hydrogen-bond donors (Lipinski definition) is 0. The molecule has 0 atom stereocenters. The van der Waals surface area contributed by atoms with Crippen molar-refractivity contribution in [2.45, 2.75) is 0 Å². The van der Waals surface area contributed by atoms with E-state index in [1.54, 1.807) is 0 Å². The van der Waals surface area contributed by atoms with Gasteiger partial charge in [0.1, 0.15) is 33.5 Å². The summed E-state index contributed by atoms with van der Waals surface area (Å²) >= 11 is 0. The molecule has 0 radical (unpaired) electrons. The van der Waals surface area contributed by atoms with E-state index in [1.807, 2.05) is 60.7 Å². The molecular weight excluding hydrogens is 456 g/mol. The maximum atomic E-state index is 6.07. The van der Waals surface area contributed by atoms with Crippen LogP contribution >= 0.6 is 0 Å². The van der Waals surface area contributed by atoms with Gasteiger partial charge in [0.05, 0.1) is 5.39 Å². The molecule has 0 amide bonds. The Morgan fingerprint density at radius 2 is 0.865 bits per heavy atom. The second-order valence-corrected chi connectivity index (χ2v) is 9.31. The lowest BCUT2D eigenvalue weighted by atomic mass is 10.1. The quantitative estimate of drug-likeness (QED) is 0.218. The Balaban J connectivity index is 0.000000118. The highest BCUT2D eigenvalue weighted by molar-refractivity contribution is 6.21. The Hall–Kier alpha value is -5.02. The Morgan fingerprint density at radius 3 is 1.62 bits per heavy atom. The van der Waals surface area contributed by atoms with E-state index in [2.05, 4.69) is 60.7 Å². The maximum Gasteiger partial charge on any atom is 0.147 e. The van der Waals surface area contributed by atoms with Gasteiger partial charge in [-0.25, -0.2) is 0 Å². The van der Waals surface area contributed by atoms with Crippen LogP contribution in [-0.4, -0.2) is 0 Å². The van der Waals surface area contributed by atoms with Crippen LogP contribution in [0.5, 0.6) is 0 Å². The third-order valence-corrected chi connectivity index (χ3v) is 7.13. The van der Waals surface area contributed by atoms with Crippen LogP contribution in [-0.2, 0) is 0 Å². The molecular formula is C34H20O3. The second-order valence-electron chi connectivity index (χ2n) is 9.31. The van der Waals surface area contributed by atoms with Gasteiger partial charge in [-0.05, 0) is 53.2 Å². The molecule has 3 aromatic heterocycles. The zero-order valence-electron chi connectivity index (χ0n) is 19.8. The Morgan fingerprint density at radius 1 is 0.324 bits per heavy atom. The lowest BCUT2D eigenvalue weighted by molar-refractivity contribution is 0.662. The molecule has 0 bridgehead atoms. The molecule has 0 aliphatic carbocycles. The number of furan rings is 3. The van der Waals surface area contributed by atoms with Crippen molar-refractivity contribution in [1.82, 2.24) is 0 Å². The molecule has 9 aromatic rings. The normalized spacial score (nSPS) is 11.8. The third-order valence-electron chi connectivity index (χ3n) is 7.13. The Labute approximate surface area is 211 Å². The summed E-state index contributed by atoms with van der Waals surface area (Å²) in [5.74, 6) is 0. The van der Waals surface area contributed by atoms with Crippen molar-refractivity contribution in [3.8, 4) is 0 Å². The van der Waals surface area contributed by atoms with E-state index in [0.29, 0.717) is 0 Å². The molecule has 0 saturated heterocycles. The molecule has 9 rings (SSSR count). The molecule has 3 heteroatoms. The SMILES string of the molecule is c1ccc2c(c1)oc1c2ccc2oc3ccccc3c21.c1ccc2cc3c(cc2c1)oc1ccccc13. The van der Waals surface area contributed by atoms with Gasteiger partial charge >= 0.3 is 0 Å². The van der Waals surface area contributed by atoms with Gasteiger partial charge < -0.3 is 13.3 Å². The van der Waals surface area contributed by atoms with E-state index in [9.17, 15) is 0 Å². The van der Waals surface area contributed by atoms with Crippen LogP contribution in [0.3, 0.4) is 0 Å². The lowest BCUT2D eigenvalue weighted by Crippen LogP contribution is -1.71. The zero-order valence-corrected chi connectivity index (χ0v) is 19.8. The van der Waals surface area contributed by atoms with Crippen molar-refractivity contribution in [2.24, 2.45) is 0 Å². The first-order valence-electron chi connectivity index (χ1n) is 12.3. The largest absolute Gasteiger partial charge is 0.456 e. The van der Waals surface area contributed by atoms with E-state index < -0.39 is 0 Å². The van der Waals surface area contributed by atoms with E-state index in [4.69, 9.17) is 13.3 Å². The molecule has 0 aliphatic heterocycles. The van der Waals surface area contributed by atoms with Crippen molar-refractivity contribution in [3.05, 3.63) is 121 Å². The van der Waals surface area contributed by atoms with Gasteiger partial charge in [0.15, 0.2) is 0 Å². The van der Waals surface area contributed by atoms with Crippen LogP contribution in [0.1, 0.15) is 0 Å². The highest BCUT2D eigenvalue weighted by Crippen LogP contribution is 2.38. The summed E-state index contributed by atoms with van der Waals surface area (Å²) in [6.45, 7) is 0. The molecule has 3 heterocycles. The molecule has 0 spiro atoms. The van der Waals surface area contributed by atoms with Crippen molar-refractivity contribution in [2.75, 3.05) is 0 Å². The minimum atomic E-state index is 0.873. The van der Waals surface area contributed by atoms with E-state index >= 15 is 0 Å². The molecule has 174 valence electrons. The van der Waals surface area contributed by atoms with Crippen LogP contribution in [0.4, 0.5) is 0 Å². The van der Waals surface area contributed by atoms with Crippen LogP contribution < -0.4 is 0 Å². The molecule has 3 nitrogen and oxygen atoms in total. The van der Waals surface area contributed by atoms with E-state index in [-0.39, 0.29) is 0 Å². The van der Waals surface area contributed by atoms with Gasteiger partial charge in [-0.1, -0.05) is 78.9 Å². The molecule has 6 aromatic carbocycles. The summed E-state index contributed by atoms with van der Waals surface area (Å²) in [5, 5.41) is 9.31. The van der Waals surface area contributed by atoms with Crippen molar-refractivity contribution in [1.29, 1.82) is 0 Å². The summed E-state index contributed by atoms with van der Waals surface area (Å²) in [6, 6.07) is 41.2. The fourth-order valence-electron chi connectivity index (χ4n) is 5.40. The van der Waals surface area contributed by atoms with Crippen molar-refractivity contribution >= 4 is 76.6 Å². The van der Waals surface area contributed by atoms with Crippen LogP contribution in [0.2, 0.25) is 0 Å². The molecule has 0 aliphatic rings. The third kappa shape index (κ3) is 3.08. The molecule has 0 N–H and O–H groups in total. The number of rotatable bonds is 0. The van der Waals surface area contributed by atoms with Crippen molar-refractivity contribution in [3.63, 3.8) is 0 Å². The smallest absolute Gasteiger partial charge is 0.147 e. The van der Waals surface area contributed by atoms with Crippen molar-refractivity contribution < 1.29 is 13.3 Å². The summed E-state index contributed by atoms with van der Waals surface area (Å²) < 4.78 is 17.8. The number of benzene rings is 6. The Bertz CT molecular complexity index is 2250. The maximum absolute atomic E-state index is 6.07. The predicted molar refractivity (Wildman–Crippen MR) is 152 cm³/mol. The van der Waals surface area contributed by atoms with Crippen LogP contribution in [0.25, 0.3) is 76.6 Å². The monoisotopic (exact) mass is 476 g/mol. The van der Waals surface area contributed by atoms with Gasteiger partial charge in [0.2, 0.25) is 0 Å². The van der Waals surface area contributed by atoms with Gasteiger partial charge in [-0.3, -0.25) is 0 Å². The lowest BCUT2D eigenvalue weighted by Gasteiger charge is -1.96. The second kappa shape index (κ2) is 7.74. The summed E-state index contributed by atoms with van der Waals surface area (Å²) in [6.07, 6.45) is 0. The van der Waals surface area contributed by atoms with Crippen LogP contribution in [0.15, 0.2) is 135 Å². The fraction of sp³-hybridized carbons (Fsp3) is 0. The average molecular weight is 477 g/mol. The number of para-hydroxylation sites is 3. The minimum Gasteiger partial charge on any atom is -0.456 e. The first-order valence-corrected chi connectivity index (χ1v) is 12.3. The number of fused-ring (bicyclic) bond motifs is 11. The first kappa shape index (κ1) is 20.2. The topological polar surface area (TPSA) is 39.4 Å². The van der Waals surface area contributed by atoms with Gasteiger partial charge in [-0.15, -0.1) is 0 Å². The van der Waals surface area contributed by atoms with Gasteiger partial charge in [0.25, 0.3) is 0 Å². The average Bonchev–Trinajstić information content (AvgIpc) is 3.62. The fourth-order valence-corrected chi connectivity index (χ4v) is 5.40. The molecule has 0 fully saturated rings. The predicted octanol–water partition coefficient (Wildman–Crippen LogP) is 10.2. The van der Waals surface area contributed by atoms with E-state index in [1.165, 1.54) is 21.5 Å². The summed E-state index contributed by atoms with van der Waals surface area (Å²) in [4.78, 5) is 0. The van der Waals surface area contributed by atoms with Gasteiger partial charge in [-0.2, -0.15) is 0 Å². The van der Waals surface area contributed by atoms with Gasteiger partial charge in [0, 0.05) is 26.9 Å². The molecule has 37 heavy (non-hydrogen) atoms. The number of hydrogen-bond acceptors (Lipinski definition) is 3. The Kier molecular flexibility index (Phi) is 4.23. The first-order chi connectivity index (χ1) is 18.3. The zero-order chi connectivity index (χ0) is 24.3. The summed E-state index contributed by atoms with van der Waals surface area (Å²) in [7, 11) is 0. The standard InChI is InChI=1S/C18H10O2.C16H10O/c1-3-7-14-11(5-1)12-9-10-16-17(18(12)20-14)13-6-2-4-8-15(13)19-16;1-2-6-12-10-16-14(9-11(12)5-1)13-7-3-4-8-15(13)17-16/h1-10H;1-10H. The highest BCUT2D eigenvalue weighted by atomic mass is 16.3. The van der Waals surface area contributed by atoms with E-state index in [0.717, 1.165) is 55.0 Å².